The number of anilines is 2. The van der Waals surface area contributed by atoms with Gasteiger partial charge in [-0.25, -0.2) is 4.98 Å². The summed E-state index contributed by atoms with van der Waals surface area (Å²) in [6.45, 7) is 4.56. The van der Waals surface area contributed by atoms with Crippen LogP contribution in [0, 0.1) is 0 Å². The van der Waals surface area contributed by atoms with E-state index in [-0.39, 0.29) is 0 Å². The lowest BCUT2D eigenvalue weighted by atomic mass is 9.96. The summed E-state index contributed by atoms with van der Waals surface area (Å²) in [5.41, 5.74) is 9.88. The van der Waals surface area contributed by atoms with Gasteiger partial charge in [-0.15, -0.1) is 0 Å². The zero-order valence-electron chi connectivity index (χ0n) is 16.6. The summed E-state index contributed by atoms with van der Waals surface area (Å²) in [6.07, 6.45) is 3.43. The molecule has 7 heteroatoms. The Morgan fingerprint density at radius 1 is 1.11 bits per heavy atom. The van der Waals surface area contributed by atoms with Gasteiger partial charge in [0.25, 0.3) is 0 Å². The highest BCUT2D eigenvalue weighted by atomic mass is 16.3. The van der Waals surface area contributed by atoms with Crippen LogP contribution >= 0.6 is 0 Å². The number of rotatable bonds is 5. The average molecular weight is 383 g/mol. The monoisotopic (exact) mass is 382 g/mol. The number of hydrogen-bond donors (Lipinski definition) is 3. The molecule has 28 heavy (non-hydrogen) atoms. The number of nitrogens with zero attached hydrogens (tertiary/aromatic N) is 4. The van der Waals surface area contributed by atoms with Gasteiger partial charge < -0.3 is 26.0 Å². The Kier molecular flexibility index (Phi) is 5.75. The van der Waals surface area contributed by atoms with E-state index >= 15 is 0 Å². The largest absolute Gasteiger partial charge is 0.375 e. The first kappa shape index (κ1) is 19.1. The van der Waals surface area contributed by atoms with Gasteiger partial charge in [0.2, 0.25) is 5.95 Å². The van der Waals surface area contributed by atoms with Gasteiger partial charge in [0.1, 0.15) is 12.0 Å². The Bertz CT molecular complexity index is 817. The molecule has 1 aromatic heterocycles. The third-order valence-electron chi connectivity index (χ3n) is 5.78. The van der Waals surface area contributed by atoms with Crippen LogP contribution in [0.2, 0.25) is 0 Å². The summed E-state index contributed by atoms with van der Waals surface area (Å²) in [4.78, 5) is 14.5. The average Bonchev–Trinajstić information content (AvgIpc) is 2.72. The molecule has 1 aliphatic carbocycles. The summed E-state index contributed by atoms with van der Waals surface area (Å²) in [6, 6.07) is 7.72. The van der Waals surface area contributed by atoms with Crippen molar-refractivity contribution in [2.24, 2.45) is 5.73 Å². The molecule has 2 aromatic rings. The van der Waals surface area contributed by atoms with E-state index in [9.17, 15) is 5.11 Å². The molecule has 0 bridgehead atoms. The first-order valence-corrected chi connectivity index (χ1v) is 10.2. The molecule has 1 aliphatic heterocycles. The van der Waals surface area contributed by atoms with Crippen LogP contribution < -0.4 is 16.0 Å². The van der Waals surface area contributed by atoms with E-state index in [2.05, 4.69) is 22.2 Å². The zero-order chi connectivity index (χ0) is 19.5. The number of nitrogens with one attached hydrogen (secondary N) is 1. The summed E-state index contributed by atoms with van der Waals surface area (Å²) in [5, 5.41) is 13.4. The smallest absolute Gasteiger partial charge is 0.227 e. The third-order valence-corrected chi connectivity index (χ3v) is 5.78. The maximum atomic E-state index is 9.84. The number of fused-ring (bicyclic) bond motifs is 1. The van der Waals surface area contributed by atoms with Crippen LogP contribution in [-0.4, -0.2) is 53.2 Å². The summed E-state index contributed by atoms with van der Waals surface area (Å²) >= 11 is 0. The number of likely N-dealkylation sites (N-methyl/N-ethyl adjacent to an activating group) is 1. The zero-order valence-corrected chi connectivity index (χ0v) is 16.6. The third kappa shape index (κ3) is 4.11. The van der Waals surface area contributed by atoms with Crippen molar-refractivity contribution in [3.63, 3.8) is 0 Å². The number of nitrogens with two attached hydrogens (primary N) is 1. The highest BCUT2D eigenvalue weighted by Gasteiger charge is 2.22. The Labute approximate surface area is 166 Å². The van der Waals surface area contributed by atoms with Crippen molar-refractivity contribution in [3.05, 3.63) is 46.6 Å². The van der Waals surface area contributed by atoms with Gasteiger partial charge in [0, 0.05) is 38.3 Å². The molecule has 1 unspecified atom stereocenters. The Balaban J connectivity index is 1.60. The van der Waals surface area contributed by atoms with Gasteiger partial charge in [0.05, 0.1) is 5.69 Å². The molecule has 2 aliphatic rings. The van der Waals surface area contributed by atoms with E-state index in [1.165, 1.54) is 24.1 Å². The molecule has 1 fully saturated rings. The Morgan fingerprint density at radius 2 is 1.86 bits per heavy atom. The van der Waals surface area contributed by atoms with Crippen molar-refractivity contribution in [1.29, 1.82) is 0 Å². The van der Waals surface area contributed by atoms with E-state index in [1.807, 2.05) is 24.3 Å². The predicted octanol–water partition coefficient (Wildman–Crippen LogP) is 1.67. The van der Waals surface area contributed by atoms with Gasteiger partial charge >= 0.3 is 0 Å². The first-order valence-electron chi connectivity index (χ1n) is 10.2. The van der Waals surface area contributed by atoms with E-state index in [1.54, 1.807) is 0 Å². The second-order valence-electron chi connectivity index (χ2n) is 7.79. The normalized spacial score (nSPS) is 18.6. The van der Waals surface area contributed by atoms with Crippen LogP contribution in [0.5, 0.6) is 0 Å². The van der Waals surface area contributed by atoms with Crippen molar-refractivity contribution in [1.82, 2.24) is 14.9 Å². The maximum Gasteiger partial charge on any atom is 0.227 e. The molecule has 4 rings (SSSR count). The number of piperazine rings is 1. The molecule has 1 aromatic carbocycles. The van der Waals surface area contributed by atoms with Crippen LogP contribution in [0.15, 0.2) is 24.3 Å². The number of aromatic nitrogens is 2. The standard InChI is InChI=1S/C21H30N6O/c1-26-10-12-27(13-11-26)21-24-18-9-5-4-8-17(18)20(25-21)23-14-15-6-2-3-7-16(15)19(22)28/h2-3,6-7,19,28H,4-5,8-14,22H2,1H3,(H,23,24,25). The van der Waals surface area contributed by atoms with E-state index in [4.69, 9.17) is 15.7 Å². The summed E-state index contributed by atoms with van der Waals surface area (Å²) in [5.74, 6) is 1.77. The molecule has 7 nitrogen and oxygen atoms in total. The highest BCUT2D eigenvalue weighted by molar-refractivity contribution is 5.53. The summed E-state index contributed by atoms with van der Waals surface area (Å²) < 4.78 is 0. The minimum absolute atomic E-state index is 0.579. The second kappa shape index (κ2) is 8.43. The van der Waals surface area contributed by atoms with Gasteiger partial charge in [-0.2, -0.15) is 4.98 Å². The van der Waals surface area contributed by atoms with Gasteiger partial charge in [-0.3, -0.25) is 0 Å². The molecule has 0 saturated carbocycles. The lowest BCUT2D eigenvalue weighted by molar-refractivity contribution is 0.185. The van der Waals surface area contributed by atoms with Gasteiger partial charge in [-0.1, -0.05) is 24.3 Å². The van der Waals surface area contributed by atoms with Crippen molar-refractivity contribution < 1.29 is 5.11 Å². The fourth-order valence-corrected chi connectivity index (χ4v) is 4.04. The fraction of sp³-hybridized carbons (Fsp3) is 0.524. The lowest BCUT2D eigenvalue weighted by Crippen LogP contribution is -2.45. The molecule has 0 amide bonds. The predicted molar refractivity (Wildman–Crippen MR) is 111 cm³/mol. The van der Waals surface area contributed by atoms with Gasteiger partial charge in [-0.05, 0) is 43.9 Å². The van der Waals surface area contributed by atoms with Crippen LogP contribution in [0.3, 0.4) is 0 Å². The van der Waals surface area contributed by atoms with E-state index in [0.717, 1.165) is 61.9 Å². The van der Waals surface area contributed by atoms with Crippen molar-refractivity contribution in [3.8, 4) is 0 Å². The van der Waals surface area contributed by atoms with Crippen LogP contribution in [0.1, 0.15) is 41.5 Å². The molecular formula is C21H30N6O. The molecule has 2 heterocycles. The first-order chi connectivity index (χ1) is 13.6. The molecule has 0 spiro atoms. The second-order valence-corrected chi connectivity index (χ2v) is 7.79. The van der Waals surface area contributed by atoms with Crippen LogP contribution in [0.4, 0.5) is 11.8 Å². The number of hydrogen-bond acceptors (Lipinski definition) is 7. The number of aliphatic hydroxyl groups is 1. The molecule has 0 radical (unpaired) electrons. The molecule has 1 saturated heterocycles. The number of benzene rings is 1. The topological polar surface area (TPSA) is 90.5 Å². The Hall–Kier alpha value is -2.22. The van der Waals surface area contributed by atoms with Crippen molar-refractivity contribution >= 4 is 11.8 Å². The van der Waals surface area contributed by atoms with Crippen LogP contribution in [-0.2, 0) is 19.4 Å². The molecule has 4 N–H and O–H groups in total. The fourth-order valence-electron chi connectivity index (χ4n) is 4.04. The van der Waals surface area contributed by atoms with Crippen LogP contribution in [0.25, 0.3) is 0 Å². The summed E-state index contributed by atoms with van der Waals surface area (Å²) in [7, 11) is 2.15. The Morgan fingerprint density at radius 3 is 2.64 bits per heavy atom. The molecule has 1 atom stereocenters. The van der Waals surface area contributed by atoms with Crippen molar-refractivity contribution in [2.45, 2.75) is 38.5 Å². The minimum Gasteiger partial charge on any atom is -0.375 e. The maximum absolute atomic E-state index is 9.84. The van der Waals surface area contributed by atoms with Crippen molar-refractivity contribution in [2.75, 3.05) is 43.4 Å². The highest BCUT2D eigenvalue weighted by Crippen LogP contribution is 2.29. The van der Waals surface area contributed by atoms with E-state index in [0.29, 0.717) is 6.54 Å². The van der Waals surface area contributed by atoms with Gasteiger partial charge in [0.15, 0.2) is 0 Å². The molecular weight excluding hydrogens is 352 g/mol. The number of aryl methyl sites for hydroxylation is 1. The lowest BCUT2D eigenvalue weighted by Gasteiger charge is -2.33. The minimum atomic E-state index is -0.974. The molecule has 150 valence electrons. The number of aliphatic hydroxyl groups excluding tert-OH is 1. The quantitative estimate of drug-likeness (QED) is 0.678. The SMILES string of the molecule is CN1CCN(c2nc3c(c(NCc4ccccc4C(N)O)n2)CCCC3)CC1. The van der Waals surface area contributed by atoms with E-state index < -0.39 is 6.23 Å².